The summed E-state index contributed by atoms with van der Waals surface area (Å²) in [6, 6.07) is 18.0. The smallest absolute Gasteiger partial charge is 0.147 e. The van der Waals surface area contributed by atoms with E-state index in [1.165, 1.54) is 5.56 Å². The molecule has 0 radical (unpaired) electrons. The highest BCUT2D eigenvalue weighted by Crippen LogP contribution is 2.45. The molecule has 0 aliphatic carbocycles. The van der Waals surface area contributed by atoms with E-state index in [-0.39, 0.29) is 0 Å². The van der Waals surface area contributed by atoms with Crippen molar-refractivity contribution in [2.75, 3.05) is 6.16 Å². The lowest BCUT2D eigenvalue weighted by Crippen LogP contribution is -2.19. The summed E-state index contributed by atoms with van der Waals surface area (Å²) < 4.78 is 13.4. The van der Waals surface area contributed by atoms with Crippen LogP contribution in [-0.4, -0.2) is 6.16 Å². The van der Waals surface area contributed by atoms with Gasteiger partial charge in [-0.3, -0.25) is 0 Å². The summed E-state index contributed by atoms with van der Waals surface area (Å²) in [5.74, 6) is 0. The van der Waals surface area contributed by atoms with Gasteiger partial charge in [-0.1, -0.05) is 66.7 Å². The van der Waals surface area contributed by atoms with Gasteiger partial charge in [0.25, 0.3) is 0 Å². The van der Waals surface area contributed by atoms with Crippen molar-refractivity contribution < 1.29 is 4.57 Å². The number of rotatable bonds is 1. The van der Waals surface area contributed by atoms with Crippen LogP contribution in [0.25, 0.3) is 0 Å². The second kappa shape index (κ2) is 4.59. The van der Waals surface area contributed by atoms with Gasteiger partial charge in [0.2, 0.25) is 0 Å². The lowest BCUT2D eigenvalue weighted by atomic mass is 10.1. The van der Waals surface area contributed by atoms with Gasteiger partial charge in [0, 0.05) is 16.8 Å². The molecule has 2 aromatic rings. The summed E-state index contributed by atoms with van der Waals surface area (Å²) in [5.41, 5.74) is 1.19. The van der Waals surface area contributed by atoms with Crippen molar-refractivity contribution in [3.05, 3.63) is 72.3 Å². The summed E-state index contributed by atoms with van der Waals surface area (Å²) in [6.45, 7) is 0. The van der Waals surface area contributed by atoms with Crippen molar-refractivity contribution in [3.63, 3.8) is 0 Å². The molecule has 1 unspecified atom stereocenters. The largest absolute Gasteiger partial charge is 0.313 e. The number of benzene rings is 2. The Morgan fingerprint density at radius 2 is 1.56 bits per heavy atom. The summed E-state index contributed by atoms with van der Waals surface area (Å²) in [4.78, 5) is 0. The van der Waals surface area contributed by atoms with Crippen molar-refractivity contribution in [1.82, 2.24) is 0 Å². The Kier molecular flexibility index (Phi) is 2.93. The molecule has 0 saturated heterocycles. The van der Waals surface area contributed by atoms with Crippen LogP contribution in [0.3, 0.4) is 0 Å². The summed E-state index contributed by atoms with van der Waals surface area (Å²) in [6.07, 6.45) is 5.70. The predicted molar refractivity (Wildman–Crippen MR) is 77.5 cm³/mol. The molecular weight excluding hydrogens is 239 g/mol. The van der Waals surface area contributed by atoms with Gasteiger partial charge >= 0.3 is 0 Å². The zero-order chi connectivity index (χ0) is 12.4. The zero-order valence-corrected chi connectivity index (χ0v) is 11.0. The predicted octanol–water partition coefficient (Wildman–Crippen LogP) is 3.11. The van der Waals surface area contributed by atoms with E-state index in [4.69, 9.17) is 0 Å². The van der Waals surface area contributed by atoms with E-state index in [0.29, 0.717) is 6.16 Å². The first-order valence-corrected chi connectivity index (χ1v) is 8.08. The highest BCUT2D eigenvalue weighted by molar-refractivity contribution is 7.79. The normalized spacial score (nSPS) is 22.2. The van der Waals surface area contributed by atoms with Gasteiger partial charge in [-0.2, -0.15) is 0 Å². The molecule has 1 aliphatic rings. The van der Waals surface area contributed by atoms with Crippen LogP contribution in [0.5, 0.6) is 0 Å². The van der Waals surface area contributed by atoms with Crippen LogP contribution < -0.4 is 10.6 Å². The molecule has 0 saturated carbocycles. The molecule has 1 nitrogen and oxygen atoms in total. The standard InChI is InChI=1S/C16H15OP/c17-18(15-10-2-1-3-11-15)13-7-6-9-14-8-4-5-12-16(14)18/h1-8,10-12H,9,13H2. The van der Waals surface area contributed by atoms with Gasteiger partial charge in [0.05, 0.1) is 0 Å². The number of fused-ring (bicyclic) bond motifs is 1. The van der Waals surface area contributed by atoms with E-state index in [2.05, 4.69) is 18.2 Å². The van der Waals surface area contributed by atoms with Crippen LogP contribution in [-0.2, 0) is 11.0 Å². The molecule has 0 amide bonds. The minimum atomic E-state index is -2.49. The maximum Gasteiger partial charge on any atom is 0.147 e. The molecule has 2 aromatic carbocycles. The van der Waals surface area contributed by atoms with Crippen LogP contribution >= 0.6 is 7.14 Å². The minimum absolute atomic E-state index is 0.633. The van der Waals surface area contributed by atoms with Gasteiger partial charge in [0.15, 0.2) is 0 Å². The van der Waals surface area contributed by atoms with E-state index in [1.807, 2.05) is 48.5 Å². The summed E-state index contributed by atoms with van der Waals surface area (Å²) >= 11 is 0. The lowest BCUT2D eigenvalue weighted by molar-refractivity contribution is 0.588. The number of hydrogen-bond acceptors (Lipinski definition) is 1. The van der Waals surface area contributed by atoms with E-state index in [0.717, 1.165) is 17.0 Å². The molecule has 3 rings (SSSR count). The Morgan fingerprint density at radius 3 is 2.39 bits per heavy atom. The molecule has 0 bridgehead atoms. The third-order valence-corrected chi connectivity index (χ3v) is 6.49. The third-order valence-electron chi connectivity index (χ3n) is 3.42. The van der Waals surface area contributed by atoms with Gasteiger partial charge in [0.1, 0.15) is 7.14 Å². The molecule has 1 atom stereocenters. The summed E-state index contributed by atoms with van der Waals surface area (Å²) in [7, 11) is -2.49. The Bertz CT molecular complexity index is 629. The lowest BCUT2D eigenvalue weighted by Gasteiger charge is -2.18. The van der Waals surface area contributed by atoms with Gasteiger partial charge in [-0.15, -0.1) is 0 Å². The van der Waals surface area contributed by atoms with Gasteiger partial charge in [-0.05, 0) is 12.0 Å². The second-order valence-electron chi connectivity index (χ2n) is 4.56. The van der Waals surface area contributed by atoms with E-state index >= 15 is 0 Å². The van der Waals surface area contributed by atoms with Gasteiger partial charge < -0.3 is 4.57 Å². The van der Waals surface area contributed by atoms with E-state index in [1.54, 1.807) is 0 Å². The highest BCUT2D eigenvalue weighted by atomic mass is 31.2. The maximum atomic E-state index is 13.4. The van der Waals surface area contributed by atoms with E-state index in [9.17, 15) is 4.57 Å². The maximum absolute atomic E-state index is 13.4. The quantitative estimate of drug-likeness (QED) is 0.564. The molecule has 90 valence electrons. The first-order chi connectivity index (χ1) is 8.81. The minimum Gasteiger partial charge on any atom is -0.313 e. The first-order valence-electron chi connectivity index (χ1n) is 6.19. The Labute approximate surface area is 108 Å². The molecule has 0 aromatic heterocycles. The van der Waals surface area contributed by atoms with Crippen molar-refractivity contribution >= 4 is 17.8 Å². The van der Waals surface area contributed by atoms with Crippen LogP contribution in [0, 0.1) is 0 Å². The van der Waals surface area contributed by atoms with Crippen molar-refractivity contribution in [3.8, 4) is 0 Å². The first kappa shape index (κ1) is 11.5. The van der Waals surface area contributed by atoms with E-state index < -0.39 is 7.14 Å². The van der Waals surface area contributed by atoms with Crippen molar-refractivity contribution in [1.29, 1.82) is 0 Å². The number of hydrogen-bond donors (Lipinski definition) is 0. The molecule has 0 N–H and O–H groups in total. The molecule has 2 heteroatoms. The van der Waals surface area contributed by atoms with Crippen LogP contribution in [0.2, 0.25) is 0 Å². The van der Waals surface area contributed by atoms with Crippen molar-refractivity contribution in [2.24, 2.45) is 0 Å². The van der Waals surface area contributed by atoms with Crippen LogP contribution in [0.15, 0.2) is 66.7 Å². The molecule has 1 heterocycles. The zero-order valence-electron chi connectivity index (χ0n) is 10.1. The Balaban J connectivity index is 2.23. The number of allylic oxidation sites excluding steroid dienone is 2. The third kappa shape index (κ3) is 1.85. The topological polar surface area (TPSA) is 17.1 Å². The average Bonchev–Trinajstić information content (AvgIpc) is 2.61. The SMILES string of the molecule is O=P1(c2ccccc2)CC=CCc2ccccc21. The molecule has 18 heavy (non-hydrogen) atoms. The fraction of sp³-hybridized carbons (Fsp3) is 0.125. The van der Waals surface area contributed by atoms with Crippen LogP contribution in [0.4, 0.5) is 0 Å². The Hall–Kier alpha value is -1.59. The monoisotopic (exact) mass is 254 g/mol. The van der Waals surface area contributed by atoms with Crippen molar-refractivity contribution in [2.45, 2.75) is 6.42 Å². The second-order valence-corrected chi connectivity index (χ2v) is 7.40. The molecule has 0 fully saturated rings. The molecule has 0 spiro atoms. The highest BCUT2D eigenvalue weighted by Gasteiger charge is 2.28. The fourth-order valence-corrected chi connectivity index (χ4v) is 5.22. The molecular formula is C16H15OP. The fourth-order valence-electron chi connectivity index (χ4n) is 2.48. The van der Waals surface area contributed by atoms with Crippen LogP contribution in [0.1, 0.15) is 5.56 Å². The average molecular weight is 254 g/mol. The Morgan fingerprint density at radius 1 is 0.833 bits per heavy atom. The molecule has 1 aliphatic heterocycles. The summed E-state index contributed by atoms with van der Waals surface area (Å²) in [5, 5.41) is 1.99. The van der Waals surface area contributed by atoms with Gasteiger partial charge in [-0.25, -0.2) is 0 Å².